The maximum atomic E-state index is 12.3. The fourth-order valence-corrected chi connectivity index (χ4v) is 2.32. The molecule has 1 N–H and O–H groups in total. The number of fused-ring (bicyclic) bond motifs is 1. The molecule has 0 saturated heterocycles. The molecule has 20 heavy (non-hydrogen) atoms. The topological polar surface area (TPSA) is 56.2 Å². The van der Waals surface area contributed by atoms with Crippen molar-refractivity contribution in [3.63, 3.8) is 0 Å². The van der Waals surface area contributed by atoms with Crippen molar-refractivity contribution in [3.05, 3.63) is 47.7 Å². The number of benzene rings is 1. The molecule has 1 aromatic carbocycles. The van der Waals surface area contributed by atoms with Crippen LogP contribution in [0.1, 0.15) is 35.3 Å². The van der Waals surface area contributed by atoms with Crippen LogP contribution in [0.15, 0.2) is 36.5 Å². The predicted molar refractivity (Wildman–Crippen MR) is 74.7 cm³/mol. The molecule has 2 aromatic rings. The van der Waals surface area contributed by atoms with Gasteiger partial charge >= 0.3 is 0 Å². The highest BCUT2D eigenvalue weighted by molar-refractivity contribution is 5.96. The smallest absolute Gasteiger partial charge is 0.258 e. The van der Waals surface area contributed by atoms with Crippen LogP contribution in [0.5, 0.6) is 5.88 Å². The van der Waals surface area contributed by atoms with Crippen LogP contribution in [0.4, 0.5) is 0 Å². The highest BCUT2D eigenvalue weighted by Crippen LogP contribution is 2.23. The summed E-state index contributed by atoms with van der Waals surface area (Å²) in [5.41, 5.74) is 1.58. The van der Waals surface area contributed by atoms with Crippen molar-refractivity contribution < 1.29 is 9.53 Å². The van der Waals surface area contributed by atoms with E-state index in [-0.39, 0.29) is 11.9 Å². The Morgan fingerprint density at radius 1 is 1.40 bits per heavy atom. The lowest BCUT2D eigenvalue weighted by atomic mass is 10.1. The lowest BCUT2D eigenvalue weighted by Crippen LogP contribution is -2.27. The minimum Gasteiger partial charge on any atom is -0.477 e. The third-order valence-corrected chi connectivity index (χ3v) is 3.44. The Labute approximate surface area is 117 Å². The molecule has 0 saturated carbocycles. The van der Waals surface area contributed by atoms with Gasteiger partial charge in [0, 0.05) is 13.0 Å². The minimum atomic E-state index is -0.149. The van der Waals surface area contributed by atoms with E-state index in [1.165, 1.54) is 0 Å². The number of amides is 1. The summed E-state index contributed by atoms with van der Waals surface area (Å²) in [5.74, 6) is 0.429. The number of rotatable bonds is 3. The molecule has 5 heteroatoms. The number of ether oxygens (including phenoxy) is 1. The van der Waals surface area contributed by atoms with Crippen molar-refractivity contribution in [2.24, 2.45) is 0 Å². The normalized spacial score (nSPS) is 15.1. The molecule has 1 aliphatic rings. The molecule has 0 fully saturated rings. The van der Waals surface area contributed by atoms with Crippen molar-refractivity contribution in [2.75, 3.05) is 6.61 Å². The molecule has 1 atom stereocenters. The number of hydrogen-bond acceptors (Lipinski definition) is 3. The Hall–Kier alpha value is -2.30. The van der Waals surface area contributed by atoms with Gasteiger partial charge in [0.25, 0.3) is 5.91 Å². The summed E-state index contributed by atoms with van der Waals surface area (Å²) in [6.45, 7) is 3.40. The number of carbonyl (C=O) groups is 1. The zero-order valence-corrected chi connectivity index (χ0v) is 11.4. The van der Waals surface area contributed by atoms with Gasteiger partial charge < -0.3 is 10.1 Å². The maximum Gasteiger partial charge on any atom is 0.258 e. The summed E-state index contributed by atoms with van der Waals surface area (Å²) in [6, 6.07) is 9.82. The van der Waals surface area contributed by atoms with E-state index < -0.39 is 0 Å². The molecule has 0 spiro atoms. The van der Waals surface area contributed by atoms with Crippen molar-refractivity contribution >= 4 is 5.91 Å². The van der Waals surface area contributed by atoms with Gasteiger partial charge in [-0.25, -0.2) is 4.68 Å². The third kappa shape index (κ3) is 2.39. The van der Waals surface area contributed by atoms with E-state index in [4.69, 9.17) is 4.74 Å². The number of hydrogen-bond donors (Lipinski definition) is 1. The van der Waals surface area contributed by atoms with Gasteiger partial charge in [-0.05, 0) is 12.5 Å². The molecule has 5 nitrogen and oxygen atoms in total. The number of aryl methyl sites for hydroxylation is 1. The molecular formula is C15H17N3O2. The van der Waals surface area contributed by atoms with Gasteiger partial charge in [-0.3, -0.25) is 4.79 Å². The SMILES string of the molecule is CC(NC(=O)c1cnn2c1OCCC2)c1ccccc1. The zero-order valence-electron chi connectivity index (χ0n) is 11.4. The minimum absolute atomic E-state index is 0.0529. The molecular weight excluding hydrogens is 254 g/mol. The van der Waals surface area contributed by atoms with Crippen molar-refractivity contribution in [2.45, 2.75) is 25.9 Å². The molecule has 0 aliphatic carbocycles. The molecule has 1 aliphatic heterocycles. The Balaban J connectivity index is 1.75. The van der Waals surface area contributed by atoms with Crippen LogP contribution in [0, 0.1) is 0 Å². The monoisotopic (exact) mass is 271 g/mol. The van der Waals surface area contributed by atoms with E-state index in [9.17, 15) is 4.79 Å². The number of carbonyl (C=O) groups excluding carboxylic acids is 1. The van der Waals surface area contributed by atoms with Crippen LogP contribution in [0.3, 0.4) is 0 Å². The van der Waals surface area contributed by atoms with E-state index in [1.54, 1.807) is 10.9 Å². The van der Waals surface area contributed by atoms with E-state index in [0.717, 1.165) is 18.5 Å². The Bertz CT molecular complexity index is 607. The largest absolute Gasteiger partial charge is 0.477 e. The molecule has 1 amide bonds. The quantitative estimate of drug-likeness (QED) is 0.930. The molecule has 0 bridgehead atoms. The van der Waals surface area contributed by atoms with Crippen LogP contribution in [-0.4, -0.2) is 22.3 Å². The number of nitrogens with one attached hydrogen (secondary N) is 1. The average molecular weight is 271 g/mol. The lowest BCUT2D eigenvalue weighted by Gasteiger charge is -2.17. The molecule has 1 unspecified atom stereocenters. The second kappa shape index (κ2) is 5.36. The van der Waals surface area contributed by atoms with E-state index >= 15 is 0 Å². The van der Waals surface area contributed by atoms with Gasteiger partial charge in [0.2, 0.25) is 5.88 Å². The Kier molecular flexibility index (Phi) is 3.41. The second-order valence-corrected chi connectivity index (χ2v) is 4.89. The summed E-state index contributed by atoms with van der Waals surface area (Å²) in [7, 11) is 0. The molecule has 0 radical (unpaired) electrons. The number of aromatic nitrogens is 2. The Morgan fingerprint density at radius 3 is 3.00 bits per heavy atom. The highest BCUT2D eigenvalue weighted by atomic mass is 16.5. The van der Waals surface area contributed by atoms with Gasteiger partial charge in [0.1, 0.15) is 5.56 Å². The van der Waals surface area contributed by atoms with Crippen LogP contribution >= 0.6 is 0 Å². The fraction of sp³-hybridized carbons (Fsp3) is 0.333. The third-order valence-electron chi connectivity index (χ3n) is 3.44. The van der Waals surface area contributed by atoms with Crippen LogP contribution < -0.4 is 10.1 Å². The summed E-state index contributed by atoms with van der Waals surface area (Å²) in [5, 5.41) is 7.17. The molecule has 3 rings (SSSR count). The first-order valence-electron chi connectivity index (χ1n) is 6.80. The molecule has 2 heterocycles. The average Bonchev–Trinajstić information content (AvgIpc) is 2.92. The number of nitrogens with zero attached hydrogens (tertiary/aromatic N) is 2. The Morgan fingerprint density at radius 2 is 2.20 bits per heavy atom. The van der Waals surface area contributed by atoms with Gasteiger partial charge in [-0.1, -0.05) is 30.3 Å². The van der Waals surface area contributed by atoms with Crippen LogP contribution in [-0.2, 0) is 6.54 Å². The summed E-state index contributed by atoms with van der Waals surface area (Å²) >= 11 is 0. The molecule has 104 valence electrons. The second-order valence-electron chi connectivity index (χ2n) is 4.89. The van der Waals surface area contributed by atoms with E-state index in [1.807, 2.05) is 37.3 Å². The zero-order chi connectivity index (χ0) is 13.9. The van der Waals surface area contributed by atoms with Crippen LogP contribution in [0.25, 0.3) is 0 Å². The van der Waals surface area contributed by atoms with Crippen molar-refractivity contribution in [1.82, 2.24) is 15.1 Å². The van der Waals surface area contributed by atoms with Gasteiger partial charge in [-0.15, -0.1) is 0 Å². The van der Waals surface area contributed by atoms with Crippen molar-refractivity contribution in [1.29, 1.82) is 0 Å². The van der Waals surface area contributed by atoms with Gasteiger partial charge in [0.15, 0.2) is 0 Å². The van der Waals surface area contributed by atoms with E-state index in [2.05, 4.69) is 10.4 Å². The summed E-state index contributed by atoms with van der Waals surface area (Å²) in [4.78, 5) is 12.3. The maximum absolute atomic E-state index is 12.3. The van der Waals surface area contributed by atoms with Crippen LogP contribution in [0.2, 0.25) is 0 Å². The first-order chi connectivity index (χ1) is 9.75. The summed E-state index contributed by atoms with van der Waals surface area (Å²) in [6.07, 6.45) is 2.50. The standard InChI is InChI=1S/C15H17N3O2/c1-11(12-6-3-2-4-7-12)17-14(19)13-10-16-18-8-5-9-20-15(13)18/h2-4,6-7,10-11H,5,8-9H2,1H3,(H,17,19). The first kappa shape index (κ1) is 12.7. The fourth-order valence-electron chi connectivity index (χ4n) is 2.32. The van der Waals surface area contributed by atoms with Gasteiger partial charge in [0.05, 0.1) is 18.8 Å². The predicted octanol–water partition coefficient (Wildman–Crippen LogP) is 2.16. The summed E-state index contributed by atoms with van der Waals surface area (Å²) < 4.78 is 7.28. The first-order valence-corrected chi connectivity index (χ1v) is 6.80. The van der Waals surface area contributed by atoms with Gasteiger partial charge in [-0.2, -0.15) is 5.10 Å². The lowest BCUT2D eigenvalue weighted by molar-refractivity contribution is 0.0933. The highest BCUT2D eigenvalue weighted by Gasteiger charge is 2.22. The molecule has 1 aromatic heterocycles. The van der Waals surface area contributed by atoms with E-state index in [0.29, 0.717) is 18.1 Å². The van der Waals surface area contributed by atoms with Crippen molar-refractivity contribution in [3.8, 4) is 5.88 Å².